The summed E-state index contributed by atoms with van der Waals surface area (Å²) in [6, 6.07) is 17.5. The van der Waals surface area contributed by atoms with Crippen molar-refractivity contribution in [3.63, 3.8) is 0 Å². The number of rotatable bonds is 6. The van der Waals surface area contributed by atoms with Crippen molar-refractivity contribution in [3.8, 4) is 0 Å². The van der Waals surface area contributed by atoms with Crippen LogP contribution in [0.3, 0.4) is 0 Å². The van der Waals surface area contributed by atoms with E-state index in [0.717, 1.165) is 24.0 Å². The second-order valence-corrected chi connectivity index (χ2v) is 19.1. The van der Waals surface area contributed by atoms with Crippen LogP contribution in [0, 0.1) is 18.8 Å². The molecule has 0 spiro atoms. The van der Waals surface area contributed by atoms with Gasteiger partial charge in [0.25, 0.3) is 0 Å². The van der Waals surface area contributed by atoms with Crippen molar-refractivity contribution in [2.45, 2.75) is 81.2 Å². The predicted octanol–water partition coefficient (Wildman–Crippen LogP) is 5.50. The molecule has 5 nitrogen and oxygen atoms in total. The fourth-order valence-corrected chi connectivity index (χ4v) is 9.06. The third-order valence-electron chi connectivity index (χ3n) is 9.29. The number of benzene rings is 2. The molecule has 7 heteroatoms. The molecule has 2 saturated heterocycles. The van der Waals surface area contributed by atoms with E-state index in [0.29, 0.717) is 24.0 Å². The van der Waals surface area contributed by atoms with Gasteiger partial charge in [-0.25, -0.2) is 8.42 Å². The van der Waals surface area contributed by atoms with Gasteiger partial charge in [0.2, 0.25) is 10.0 Å². The molecule has 3 aliphatic rings. The van der Waals surface area contributed by atoms with E-state index >= 15 is 0 Å². The van der Waals surface area contributed by atoms with E-state index in [1.807, 2.05) is 29.4 Å². The zero-order chi connectivity index (χ0) is 25.2. The molecule has 5 atom stereocenters. The SMILES string of the molecule is Cc1ccc(S(=O)(=O)N2C[C@@H]3CC[C@]4(CO[Si](C)(C)C(C)(C)C)N[C@@H](c5ccccc5)[C@H]2[C@H]34)cc1. The fourth-order valence-electron chi connectivity index (χ4n) is 6.30. The van der Waals surface area contributed by atoms with E-state index < -0.39 is 18.3 Å². The zero-order valence-corrected chi connectivity index (χ0v) is 23.7. The zero-order valence-electron chi connectivity index (χ0n) is 21.9. The van der Waals surface area contributed by atoms with E-state index in [2.05, 4.69) is 63.4 Å². The molecule has 35 heavy (non-hydrogen) atoms. The van der Waals surface area contributed by atoms with Crippen LogP contribution in [-0.2, 0) is 14.4 Å². The van der Waals surface area contributed by atoms with E-state index in [-0.39, 0.29) is 28.6 Å². The molecular formula is C28H40N2O3SSi. The highest BCUT2D eigenvalue weighted by Crippen LogP contribution is 2.58. The van der Waals surface area contributed by atoms with Gasteiger partial charge in [-0.05, 0) is 61.5 Å². The Morgan fingerprint density at radius 3 is 2.37 bits per heavy atom. The Hall–Kier alpha value is -1.51. The molecule has 0 amide bonds. The minimum Gasteiger partial charge on any atom is -0.415 e. The first-order valence-electron chi connectivity index (χ1n) is 12.9. The van der Waals surface area contributed by atoms with Gasteiger partial charge >= 0.3 is 0 Å². The van der Waals surface area contributed by atoms with Gasteiger partial charge in [0.05, 0.1) is 11.5 Å². The maximum absolute atomic E-state index is 14.0. The lowest BCUT2D eigenvalue weighted by Gasteiger charge is -2.40. The highest BCUT2D eigenvalue weighted by Gasteiger charge is 2.66. The Balaban J connectivity index is 1.53. The molecule has 0 radical (unpaired) electrons. The Morgan fingerprint density at radius 1 is 1.09 bits per heavy atom. The number of nitrogens with one attached hydrogen (secondary N) is 1. The molecule has 1 N–H and O–H groups in total. The maximum atomic E-state index is 14.0. The van der Waals surface area contributed by atoms with Crippen LogP contribution in [0.4, 0.5) is 0 Å². The van der Waals surface area contributed by atoms with Crippen LogP contribution in [0.25, 0.3) is 0 Å². The average molecular weight is 513 g/mol. The topological polar surface area (TPSA) is 58.6 Å². The van der Waals surface area contributed by atoms with E-state index in [4.69, 9.17) is 4.43 Å². The molecule has 5 rings (SSSR count). The summed E-state index contributed by atoms with van der Waals surface area (Å²) in [4.78, 5) is 0.393. The van der Waals surface area contributed by atoms with Crippen LogP contribution in [0.5, 0.6) is 0 Å². The highest BCUT2D eigenvalue weighted by atomic mass is 32.2. The largest absolute Gasteiger partial charge is 0.415 e. The highest BCUT2D eigenvalue weighted by molar-refractivity contribution is 7.89. The average Bonchev–Trinajstić information content (AvgIpc) is 3.46. The Kier molecular flexibility index (Phi) is 6.12. The van der Waals surface area contributed by atoms with Gasteiger partial charge in [0, 0.05) is 30.1 Å². The normalized spacial score (nSPS) is 31.1. The molecule has 0 unspecified atom stereocenters. The minimum atomic E-state index is -3.61. The first-order valence-corrected chi connectivity index (χ1v) is 17.3. The van der Waals surface area contributed by atoms with Gasteiger partial charge in [-0.1, -0.05) is 68.8 Å². The molecule has 2 aromatic rings. The van der Waals surface area contributed by atoms with Crippen LogP contribution in [-0.4, -0.2) is 45.8 Å². The molecular weight excluding hydrogens is 472 g/mol. The summed E-state index contributed by atoms with van der Waals surface area (Å²) in [7, 11) is -5.55. The number of aryl methyl sites for hydroxylation is 1. The van der Waals surface area contributed by atoms with E-state index in [1.54, 1.807) is 12.1 Å². The van der Waals surface area contributed by atoms with Crippen molar-refractivity contribution in [2.24, 2.45) is 11.8 Å². The van der Waals surface area contributed by atoms with Crippen LogP contribution < -0.4 is 5.32 Å². The third-order valence-corrected chi connectivity index (χ3v) is 15.6. The molecule has 1 aliphatic carbocycles. The summed E-state index contributed by atoms with van der Waals surface area (Å²) in [6.45, 7) is 14.7. The third kappa shape index (κ3) is 4.13. The molecule has 2 heterocycles. The Morgan fingerprint density at radius 2 is 1.74 bits per heavy atom. The quantitative estimate of drug-likeness (QED) is 0.519. The maximum Gasteiger partial charge on any atom is 0.243 e. The van der Waals surface area contributed by atoms with Crippen molar-refractivity contribution in [3.05, 3.63) is 65.7 Å². The predicted molar refractivity (Wildman–Crippen MR) is 143 cm³/mol. The minimum absolute atomic E-state index is 0.0465. The second-order valence-electron chi connectivity index (χ2n) is 12.4. The summed E-state index contributed by atoms with van der Waals surface area (Å²) in [5.41, 5.74) is 2.03. The van der Waals surface area contributed by atoms with Gasteiger partial charge in [0.1, 0.15) is 0 Å². The lowest BCUT2D eigenvalue weighted by Crippen LogP contribution is -2.52. The van der Waals surface area contributed by atoms with Crippen molar-refractivity contribution in [2.75, 3.05) is 13.2 Å². The number of hydrogen-bond donors (Lipinski definition) is 1. The van der Waals surface area contributed by atoms with E-state index in [9.17, 15) is 8.42 Å². The molecule has 3 fully saturated rings. The van der Waals surface area contributed by atoms with E-state index in [1.165, 1.54) is 0 Å². The Bertz CT molecular complexity index is 1180. The van der Waals surface area contributed by atoms with Crippen LogP contribution in [0.1, 0.15) is 50.8 Å². The second kappa shape index (κ2) is 8.52. The number of nitrogens with zero attached hydrogens (tertiary/aromatic N) is 1. The van der Waals surface area contributed by atoms with Crippen molar-refractivity contribution in [1.82, 2.24) is 9.62 Å². The summed E-state index contributed by atoms with van der Waals surface area (Å²) in [6.07, 6.45) is 2.08. The molecule has 0 aromatic heterocycles. The molecule has 1 saturated carbocycles. The molecule has 2 aliphatic heterocycles. The van der Waals surface area contributed by atoms with Gasteiger partial charge in [-0.15, -0.1) is 0 Å². The lowest BCUT2D eigenvalue weighted by molar-refractivity contribution is 0.153. The monoisotopic (exact) mass is 512 g/mol. The smallest absolute Gasteiger partial charge is 0.243 e. The Labute approximate surface area is 212 Å². The standard InChI is InChI=1S/C28H40N2O3SSi/c1-20-12-14-23(15-13-20)34(31,32)30-18-22-16-17-28(19-33-35(5,6)27(2,3)4)24(22)26(30)25(29-28)21-10-8-7-9-11-21/h7-15,22,24-26,29H,16-19H2,1-6H3/t22-,24-,25-,26+,28+/m0/s1. The van der Waals surface area contributed by atoms with Crippen LogP contribution >= 0.6 is 0 Å². The molecule has 190 valence electrons. The lowest BCUT2D eigenvalue weighted by atomic mass is 9.83. The van der Waals surface area contributed by atoms with Crippen molar-refractivity contribution < 1.29 is 12.8 Å². The summed E-state index contributed by atoms with van der Waals surface area (Å²) in [5, 5.41) is 4.13. The van der Waals surface area contributed by atoms with Crippen LogP contribution in [0.15, 0.2) is 59.5 Å². The number of sulfonamides is 1. The fraction of sp³-hybridized carbons (Fsp3) is 0.571. The van der Waals surface area contributed by atoms with Gasteiger partial charge in [-0.3, -0.25) is 0 Å². The molecule has 2 aromatic carbocycles. The summed E-state index contributed by atoms with van der Waals surface area (Å²) < 4.78 is 36.6. The summed E-state index contributed by atoms with van der Waals surface area (Å²) >= 11 is 0. The first-order chi connectivity index (χ1) is 16.4. The van der Waals surface area contributed by atoms with Crippen molar-refractivity contribution >= 4 is 18.3 Å². The number of hydrogen-bond acceptors (Lipinski definition) is 4. The van der Waals surface area contributed by atoms with Gasteiger partial charge in [-0.2, -0.15) is 4.31 Å². The van der Waals surface area contributed by atoms with Gasteiger partial charge < -0.3 is 9.74 Å². The van der Waals surface area contributed by atoms with Crippen LogP contribution in [0.2, 0.25) is 18.1 Å². The first kappa shape index (κ1) is 25.1. The van der Waals surface area contributed by atoms with Gasteiger partial charge in [0.15, 0.2) is 8.32 Å². The summed E-state index contributed by atoms with van der Waals surface area (Å²) in [5.74, 6) is 0.599. The molecule has 0 bridgehead atoms. The van der Waals surface area contributed by atoms with Crippen molar-refractivity contribution in [1.29, 1.82) is 0 Å².